The predicted molar refractivity (Wildman–Crippen MR) is 7.74 cm³/mol. The SMILES string of the molecule is [Ir+4].[OH-].[OH-].[OH-].[OH-]. The molecule has 0 rings (SSSR count). The molecule has 0 bridgehead atoms. The fourth-order valence-electron chi connectivity index (χ4n) is 0. The van der Waals surface area contributed by atoms with Crippen LogP contribution in [0.3, 0.4) is 0 Å². The third-order valence-electron chi connectivity index (χ3n) is 0. The summed E-state index contributed by atoms with van der Waals surface area (Å²) in [5.74, 6) is 0. The van der Waals surface area contributed by atoms with E-state index in [-0.39, 0.29) is 42.0 Å². The fraction of sp³-hybridized carbons (Fsp3) is 0. The van der Waals surface area contributed by atoms with Crippen molar-refractivity contribution in [3.05, 3.63) is 0 Å². The molecule has 0 aliphatic carbocycles. The van der Waals surface area contributed by atoms with E-state index in [1.54, 1.807) is 0 Å². The second-order valence-electron chi connectivity index (χ2n) is 0. The van der Waals surface area contributed by atoms with Crippen LogP contribution in [0.4, 0.5) is 0 Å². The zero-order chi connectivity index (χ0) is 0. The van der Waals surface area contributed by atoms with Gasteiger partial charge in [-0.2, -0.15) is 0 Å². The molecule has 0 aromatic rings. The summed E-state index contributed by atoms with van der Waals surface area (Å²) in [4.78, 5) is 0. The largest absolute Gasteiger partial charge is 4.00 e. The van der Waals surface area contributed by atoms with Crippen LogP contribution in [-0.2, 0) is 20.1 Å². The number of hydrogen-bond donors (Lipinski definition) is 0. The van der Waals surface area contributed by atoms with Crippen LogP contribution < -0.4 is 0 Å². The minimum Gasteiger partial charge on any atom is -0.870 e. The van der Waals surface area contributed by atoms with Crippen LogP contribution in [0, 0.1) is 0 Å². The van der Waals surface area contributed by atoms with E-state index in [0.29, 0.717) is 0 Å². The topological polar surface area (TPSA) is 120 Å². The summed E-state index contributed by atoms with van der Waals surface area (Å²) in [6.07, 6.45) is 0. The van der Waals surface area contributed by atoms with Gasteiger partial charge >= 0.3 is 20.1 Å². The minimum atomic E-state index is 0. The maximum Gasteiger partial charge on any atom is 4.00 e. The summed E-state index contributed by atoms with van der Waals surface area (Å²) in [5.41, 5.74) is 0. The van der Waals surface area contributed by atoms with Crippen molar-refractivity contribution < 1.29 is 42.0 Å². The van der Waals surface area contributed by atoms with Crippen molar-refractivity contribution in [3.8, 4) is 0 Å². The monoisotopic (exact) mass is 261 g/mol. The maximum atomic E-state index is 0. The molecule has 0 unspecified atom stereocenters. The zero-order valence-electron chi connectivity index (χ0n) is 2.12. The van der Waals surface area contributed by atoms with Crippen molar-refractivity contribution in [1.29, 1.82) is 0 Å². The van der Waals surface area contributed by atoms with Crippen molar-refractivity contribution in [2.24, 2.45) is 0 Å². The normalized spacial score (nSPS) is 0. The standard InChI is InChI=1S/Ir.4H2O/h;4*1H2/q+4;;;;/p-4. The summed E-state index contributed by atoms with van der Waals surface area (Å²) in [6, 6.07) is 0. The van der Waals surface area contributed by atoms with E-state index in [0.717, 1.165) is 0 Å². The molecule has 0 aromatic carbocycles. The zero-order valence-corrected chi connectivity index (χ0v) is 4.52. The molecule has 37 valence electrons. The van der Waals surface area contributed by atoms with Gasteiger partial charge in [0.15, 0.2) is 0 Å². The number of rotatable bonds is 0. The molecule has 0 saturated heterocycles. The second kappa shape index (κ2) is 228. The van der Waals surface area contributed by atoms with E-state index in [1.165, 1.54) is 0 Å². The molecule has 0 spiro atoms. The van der Waals surface area contributed by atoms with Crippen molar-refractivity contribution in [2.45, 2.75) is 0 Å². The van der Waals surface area contributed by atoms with Crippen LogP contribution in [-0.4, -0.2) is 21.9 Å². The van der Waals surface area contributed by atoms with Crippen LogP contribution in [0.1, 0.15) is 0 Å². The molecule has 5 heteroatoms. The Morgan fingerprint density at radius 3 is 0.400 bits per heavy atom. The Balaban J connectivity index is 0. The molecule has 4 N–H and O–H groups in total. The molecule has 4 nitrogen and oxygen atoms in total. The maximum absolute atomic E-state index is 0. The minimum absolute atomic E-state index is 0. The predicted octanol–water partition coefficient (Wildman–Crippen LogP) is -0.710. The Morgan fingerprint density at radius 2 is 0.400 bits per heavy atom. The molecular formula is H4IrO4. The van der Waals surface area contributed by atoms with Gasteiger partial charge in [0.05, 0.1) is 0 Å². The van der Waals surface area contributed by atoms with Crippen molar-refractivity contribution >= 4 is 0 Å². The third-order valence-corrected chi connectivity index (χ3v) is 0. The van der Waals surface area contributed by atoms with Crippen LogP contribution in [0.25, 0.3) is 0 Å². The molecule has 5 heavy (non-hydrogen) atoms. The summed E-state index contributed by atoms with van der Waals surface area (Å²) in [6.45, 7) is 0. The van der Waals surface area contributed by atoms with E-state index in [2.05, 4.69) is 0 Å². The Bertz CT molecular complexity index is 3.61. The van der Waals surface area contributed by atoms with Gasteiger partial charge in [-0.25, -0.2) is 0 Å². The quantitative estimate of drug-likeness (QED) is 0.571. The van der Waals surface area contributed by atoms with E-state index in [1.807, 2.05) is 0 Å². The molecular weight excluding hydrogens is 256 g/mol. The van der Waals surface area contributed by atoms with Gasteiger partial charge in [-0.05, 0) is 0 Å². The first-order valence-electron chi connectivity index (χ1n) is 0. The van der Waals surface area contributed by atoms with Crippen LogP contribution in [0.15, 0.2) is 0 Å². The Labute approximate surface area is 42.8 Å². The fourth-order valence-corrected chi connectivity index (χ4v) is 0. The van der Waals surface area contributed by atoms with E-state index in [4.69, 9.17) is 0 Å². The molecule has 0 amide bonds. The summed E-state index contributed by atoms with van der Waals surface area (Å²) >= 11 is 0. The smallest absolute Gasteiger partial charge is 0.870 e. The van der Waals surface area contributed by atoms with E-state index < -0.39 is 0 Å². The second-order valence-corrected chi connectivity index (χ2v) is 0. The summed E-state index contributed by atoms with van der Waals surface area (Å²) < 4.78 is 0. The average molecular weight is 260 g/mol. The molecule has 0 heterocycles. The molecule has 0 aliphatic heterocycles. The first-order valence-corrected chi connectivity index (χ1v) is 0. The molecule has 1 radical (unpaired) electrons. The van der Waals surface area contributed by atoms with Gasteiger partial charge < -0.3 is 21.9 Å². The van der Waals surface area contributed by atoms with Crippen LogP contribution >= 0.6 is 0 Å². The van der Waals surface area contributed by atoms with E-state index >= 15 is 0 Å². The Morgan fingerprint density at radius 1 is 0.400 bits per heavy atom. The van der Waals surface area contributed by atoms with Crippen LogP contribution in [0.2, 0.25) is 0 Å². The van der Waals surface area contributed by atoms with Gasteiger partial charge in [0.1, 0.15) is 0 Å². The Hall–Kier alpha value is 0.489. The Kier molecular flexibility index (Phi) is 21100. The third kappa shape index (κ3) is 116. The van der Waals surface area contributed by atoms with Gasteiger partial charge in [0, 0.05) is 0 Å². The van der Waals surface area contributed by atoms with Gasteiger partial charge in [0.2, 0.25) is 0 Å². The van der Waals surface area contributed by atoms with Crippen molar-refractivity contribution in [1.82, 2.24) is 0 Å². The molecule has 0 aliphatic rings. The van der Waals surface area contributed by atoms with Crippen molar-refractivity contribution in [2.75, 3.05) is 0 Å². The van der Waals surface area contributed by atoms with Crippen molar-refractivity contribution in [3.63, 3.8) is 0 Å². The van der Waals surface area contributed by atoms with Gasteiger partial charge in [-0.1, -0.05) is 0 Å². The van der Waals surface area contributed by atoms with Gasteiger partial charge in [-0.15, -0.1) is 0 Å². The molecule has 0 fully saturated rings. The first-order chi connectivity index (χ1) is 0. The summed E-state index contributed by atoms with van der Waals surface area (Å²) in [7, 11) is 0. The molecule has 0 saturated carbocycles. The van der Waals surface area contributed by atoms with Crippen LogP contribution in [0.5, 0.6) is 0 Å². The molecule has 0 atom stereocenters. The van der Waals surface area contributed by atoms with Gasteiger partial charge in [-0.3, -0.25) is 0 Å². The number of hydrogen-bond acceptors (Lipinski definition) is 4. The summed E-state index contributed by atoms with van der Waals surface area (Å²) in [5, 5.41) is 0. The van der Waals surface area contributed by atoms with E-state index in [9.17, 15) is 0 Å². The average Bonchev–Trinajstić information content (AvgIpc) is 0. The first kappa shape index (κ1) is 462. The molecule has 0 aromatic heterocycles. The van der Waals surface area contributed by atoms with Gasteiger partial charge in [0.25, 0.3) is 0 Å².